The predicted octanol–water partition coefficient (Wildman–Crippen LogP) is 7.64. The molecule has 4 rings (SSSR count). The minimum absolute atomic E-state index is 0.00212. The quantitative estimate of drug-likeness (QED) is 0.318. The third-order valence-corrected chi connectivity index (χ3v) is 8.07. The molecule has 1 unspecified atom stereocenters. The highest BCUT2D eigenvalue weighted by molar-refractivity contribution is 5.94. The number of nitrogens with zero attached hydrogens (tertiary/aromatic N) is 1. The van der Waals surface area contributed by atoms with Gasteiger partial charge in [-0.05, 0) is 96.6 Å². The maximum atomic E-state index is 12.7. The maximum Gasteiger partial charge on any atom is 0.335 e. The van der Waals surface area contributed by atoms with E-state index >= 15 is 0 Å². The van der Waals surface area contributed by atoms with Crippen molar-refractivity contribution in [1.82, 2.24) is 10.3 Å². The lowest BCUT2D eigenvalue weighted by Gasteiger charge is -2.34. The molecule has 1 aliphatic carbocycles. The summed E-state index contributed by atoms with van der Waals surface area (Å²) in [6.45, 7) is 13.7. The standard InChI is InChI=1S/C24H39NO2.C10H7NO2/c1-16(2)22(24(4,5)6)23(26)25-15-18-8-10-19(11-9-18)20-12-13-21(27-7)17(3)14-20;12-10(13)8-1-2-9-6-11-4-3-7(9)5-8/h12-14,16,18-19,22H,8-11,15H2,1-7H3,(H,25,26);1-6H,(H,12,13)/t18-,19-,22?;. The molecule has 6 heteroatoms. The summed E-state index contributed by atoms with van der Waals surface area (Å²) in [7, 11) is 1.73. The number of carbonyl (C=O) groups excluding carboxylic acids is 1. The molecule has 40 heavy (non-hydrogen) atoms. The Morgan fingerprint density at radius 1 is 1.02 bits per heavy atom. The van der Waals surface area contributed by atoms with Crippen LogP contribution < -0.4 is 10.1 Å². The molecule has 1 saturated carbocycles. The van der Waals surface area contributed by atoms with E-state index in [0.717, 1.165) is 23.1 Å². The molecule has 0 spiro atoms. The average Bonchev–Trinajstić information content (AvgIpc) is 2.91. The number of hydrogen-bond acceptors (Lipinski definition) is 4. The molecule has 3 aromatic rings. The second-order valence-electron chi connectivity index (χ2n) is 12.5. The Morgan fingerprint density at radius 3 is 2.30 bits per heavy atom. The van der Waals surface area contributed by atoms with Crippen molar-refractivity contribution >= 4 is 22.6 Å². The zero-order chi connectivity index (χ0) is 29.4. The van der Waals surface area contributed by atoms with E-state index in [0.29, 0.717) is 23.3 Å². The van der Waals surface area contributed by atoms with Gasteiger partial charge in [0.05, 0.1) is 12.7 Å². The van der Waals surface area contributed by atoms with Gasteiger partial charge in [-0.2, -0.15) is 0 Å². The van der Waals surface area contributed by atoms with Crippen molar-refractivity contribution in [3.05, 3.63) is 71.5 Å². The minimum Gasteiger partial charge on any atom is -0.496 e. The first-order valence-corrected chi connectivity index (χ1v) is 14.4. The summed E-state index contributed by atoms with van der Waals surface area (Å²) in [5.74, 6) is 1.96. The summed E-state index contributed by atoms with van der Waals surface area (Å²) < 4.78 is 5.38. The van der Waals surface area contributed by atoms with E-state index in [4.69, 9.17) is 9.84 Å². The van der Waals surface area contributed by atoms with E-state index in [9.17, 15) is 9.59 Å². The summed E-state index contributed by atoms with van der Waals surface area (Å²) >= 11 is 0. The Kier molecular flexibility index (Phi) is 10.7. The topological polar surface area (TPSA) is 88.5 Å². The number of carbonyl (C=O) groups is 2. The van der Waals surface area contributed by atoms with E-state index < -0.39 is 5.97 Å². The van der Waals surface area contributed by atoms with Gasteiger partial charge < -0.3 is 15.2 Å². The van der Waals surface area contributed by atoms with Crippen LogP contribution in [-0.4, -0.2) is 35.6 Å². The van der Waals surface area contributed by atoms with Crippen LogP contribution in [0, 0.1) is 30.1 Å². The number of carboxylic acids is 1. The average molecular weight is 547 g/mol. The van der Waals surface area contributed by atoms with Crippen LogP contribution >= 0.6 is 0 Å². The molecule has 0 radical (unpaired) electrons. The molecule has 1 aromatic heterocycles. The normalized spacial score (nSPS) is 18.0. The SMILES string of the molecule is COc1ccc([C@H]2CC[C@H](CNC(=O)C(C(C)C)C(C)(C)C)CC2)cc1C.O=C(O)c1ccc2cnccc2c1. The number of rotatable bonds is 7. The largest absolute Gasteiger partial charge is 0.496 e. The van der Waals surface area contributed by atoms with Crippen LogP contribution in [0.5, 0.6) is 5.75 Å². The fourth-order valence-electron chi connectivity index (χ4n) is 6.12. The second kappa shape index (κ2) is 13.8. The first-order chi connectivity index (χ1) is 18.9. The lowest BCUT2D eigenvalue weighted by Crippen LogP contribution is -2.42. The number of fused-ring (bicyclic) bond motifs is 1. The van der Waals surface area contributed by atoms with E-state index in [-0.39, 0.29) is 17.2 Å². The number of aryl methyl sites for hydroxylation is 1. The molecule has 0 aliphatic heterocycles. The van der Waals surface area contributed by atoms with Crippen LogP contribution in [0.2, 0.25) is 0 Å². The number of aromatic carboxylic acids is 1. The fraction of sp³-hybridized carbons (Fsp3) is 0.500. The molecule has 1 heterocycles. The van der Waals surface area contributed by atoms with E-state index in [1.54, 1.807) is 43.8 Å². The van der Waals surface area contributed by atoms with Gasteiger partial charge >= 0.3 is 5.97 Å². The molecular formula is C34H46N2O4. The number of nitrogens with one attached hydrogen (secondary N) is 1. The first kappa shape index (κ1) is 31.1. The Bertz CT molecular complexity index is 1290. The monoisotopic (exact) mass is 546 g/mol. The number of ether oxygens (including phenoxy) is 1. The summed E-state index contributed by atoms with van der Waals surface area (Å²) in [5, 5.41) is 13.8. The van der Waals surface area contributed by atoms with E-state index in [1.165, 1.54) is 36.8 Å². The highest BCUT2D eigenvalue weighted by atomic mass is 16.5. The molecule has 216 valence electrons. The molecular weight excluding hydrogens is 500 g/mol. The van der Waals surface area contributed by atoms with Crippen molar-refractivity contribution in [3.63, 3.8) is 0 Å². The smallest absolute Gasteiger partial charge is 0.335 e. The van der Waals surface area contributed by atoms with Gasteiger partial charge in [-0.3, -0.25) is 9.78 Å². The van der Waals surface area contributed by atoms with Crippen LogP contribution in [0.25, 0.3) is 10.8 Å². The highest BCUT2D eigenvalue weighted by Crippen LogP contribution is 2.37. The highest BCUT2D eigenvalue weighted by Gasteiger charge is 2.34. The van der Waals surface area contributed by atoms with Gasteiger partial charge in [-0.15, -0.1) is 0 Å². The van der Waals surface area contributed by atoms with Crippen molar-refractivity contribution in [1.29, 1.82) is 0 Å². The molecule has 2 aromatic carbocycles. The van der Waals surface area contributed by atoms with Gasteiger partial charge in [-0.1, -0.05) is 52.8 Å². The second-order valence-corrected chi connectivity index (χ2v) is 12.5. The third kappa shape index (κ3) is 8.30. The zero-order valence-corrected chi connectivity index (χ0v) is 25.2. The summed E-state index contributed by atoms with van der Waals surface area (Å²) in [6, 6.07) is 13.4. The maximum absolute atomic E-state index is 12.7. The Balaban J connectivity index is 0.000000281. The van der Waals surface area contributed by atoms with Gasteiger partial charge in [0.15, 0.2) is 0 Å². The Morgan fingerprint density at radius 2 is 1.73 bits per heavy atom. The minimum atomic E-state index is -0.904. The molecule has 6 nitrogen and oxygen atoms in total. The molecule has 1 amide bonds. The molecule has 2 N–H and O–H groups in total. The molecule has 1 atom stereocenters. The van der Waals surface area contributed by atoms with Gasteiger partial charge in [0, 0.05) is 30.2 Å². The van der Waals surface area contributed by atoms with Crippen molar-refractivity contribution in [2.24, 2.45) is 23.2 Å². The summed E-state index contributed by atoms with van der Waals surface area (Å²) in [4.78, 5) is 27.3. The predicted molar refractivity (Wildman–Crippen MR) is 162 cm³/mol. The van der Waals surface area contributed by atoms with E-state index in [1.807, 2.05) is 0 Å². The van der Waals surface area contributed by atoms with Gasteiger partial charge in [-0.25, -0.2) is 4.79 Å². The van der Waals surface area contributed by atoms with Crippen LogP contribution in [0.3, 0.4) is 0 Å². The molecule has 1 fully saturated rings. The molecule has 0 bridgehead atoms. The first-order valence-electron chi connectivity index (χ1n) is 14.4. The van der Waals surface area contributed by atoms with Gasteiger partial charge in [0.1, 0.15) is 5.75 Å². The van der Waals surface area contributed by atoms with Gasteiger partial charge in [0.2, 0.25) is 5.91 Å². The Labute approximate surface area is 239 Å². The molecule has 1 aliphatic rings. The van der Waals surface area contributed by atoms with Crippen molar-refractivity contribution in [2.45, 2.75) is 73.1 Å². The lowest BCUT2D eigenvalue weighted by atomic mass is 9.73. The number of benzene rings is 2. The fourth-order valence-corrected chi connectivity index (χ4v) is 6.12. The van der Waals surface area contributed by atoms with Crippen LogP contribution in [0.1, 0.15) is 87.7 Å². The lowest BCUT2D eigenvalue weighted by molar-refractivity contribution is -0.130. The van der Waals surface area contributed by atoms with E-state index in [2.05, 4.69) is 70.0 Å². The third-order valence-electron chi connectivity index (χ3n) is 8.07. The number of amides is 1. The number of pyridine rings is 1. The van der Waals surface area contributed by atoms with Gasteiger partial charge in [0.25, 0.3) is 0 Å². The van der Waals surface area contributed by atoms with Crippen LogP contribution in [-0.2, 0) is 4.79 Å². The summed E-state index contributed by atoms with van der Waals surface area (Å²) in [6.07, 6.45) is 8.16. The van der Waals surface area contributed by atoms with Crippen LogP contribution in [0.4, 0.5) is 0 Å². The number of carboxylic acid groups (broad SMARTS) is 1. The van der Waals surface area contributed by atoms with Crippen molar-refractivity contribution < 1.29 is 19.4 Å². The summed E-state index contributed by atoms with van der Waals surface area (Å²) in [5.41, 5.74) is 2.95. The number of methoxy groups -OCH3 is 1. The zero-order valence-electron chi connectivity index (χ0n) is 25.2. The number of aromatic nitrogens is 1. The molecule has 0 saturated heterocycles. The van der Waals surface area contributed by atoms with Crippen molar-refractivity contribution in [2.75, 3.05) is 13.7 Å². The van der Waals surface area contributed by atoms with Crippen LogP contribution in [0.15, 0.2) is 54.9 Å². The Hall–Kier alpha value is -3.41. The van der Waals surface area contributed by atoms with Crippen molar-refractivity contribution in [3.8, 4) is 5.75 Å². The number of hydrogen-bond donors (Lipinski definition) is 2.